The highest BCUT2D eigenvalue weighted by molar-refractivity contribution is 6.40. The monoisotopic (exact) mass is 497 g/mol. The van der Waals surface area contributed by atoms with Gasteiger partial charge in [0.25, 0.3) is 5.91 Å². The molecule has 0 fully saturated rings. The average Bonchev–Trinajstić information content (AvgIpc) is 2.80. The summed E-state index contributed by atoms with van der Waals surface area (Å²) in [6.45, 7) is 8.73. The molecule has 176 valence electrons. The third kappa shape index (κ3) is 3.87. The van der Waals surface area contributed by atoms with E-state index in [4.69, 9.17) is 27.9 Å². The van der Waals surface area contributed by atoms with Crippen molar-refractivity contribution in [3.63, 3.8) is 0 Å². The number of ether oxygens (including phenoxy) is 1. The van der Waals surface area contributed by atoms with Crippen molar-refractivity contribution in [1.82, 2.24) is 14.9 Å². The van der Waals surface area contributed by atoms with Crippen LogP contribution in [-0.2, 0) is 12.0 Å². The Balaban J connectivity index is 1.38. The summed E-state index contributed by atoms with van der Waals surface area (Å²) >= 11 is 12.6. The second-order valence-electron chi connectivity index (χ2n) is 8.87. The largest absolute Gasteiger partial charge is 0.455 e. The molecule has 9 heteroatoms. The highest BCUT2D eigenvalue weighted by Crippen LogP contribution is 2.38. The predicted molar refractivity (Wildman–Crippen MR) is 135 cm³/mol. The van der Waals surface area contributed by atoms with Crippen LogP contribution < -0.4 is 15.0 Å². The van der Waals surface area contributed by atoms with Crippen LogP contribution in [-0.4, -0.2) is 40.6 Å². The quantitative estimate of drug-likeness (QED) is 0.503. The van der Waals surface area contributed by atoms with Crippen molar-refractivity contribution in [2.45, 2.75) is 32.7 Å². The molecule has 0 spiro atoms. The van der Waals surface area contributed by atoms with Crippen LogP contribution in [0.3, 0.4) is 0 Å². The molecule has 1 aromatic heterocycles. The first-order valence-corrected chi connectivity index (χ1v) is 12.0. The Kier molecular flexibility index (Phi) is 5.88. The van der Waals surface area contributed by atoms with Gasteiger partial charge in [-0.25, -0.2) is 4.98 Å². The van der Waals surface area contributed by atoms with E-state index in [-0.39, 0.29) is 29.6 Å². The van der Waals surface area contributed by atoms with Crippen molar-refractivity contribution in [1.29, 1.82) is 0 Å². The van der Waals surface area contributed by atoms with Crippen molar-refractivity contribution in [2.75, 3.05) is 30.0 Å². The van der Waals surface area contributed by atoms with E-state index >= 15 is 0 Å². The molecular weight excluding hydrogens is 473 g/mol. The molecule has 0 bridgehead atoms. The molecule has 0 aliphatic carbocycles. The van der Waals surface area contributed by atoms with Gasteiger partial charge in [0.15, 0.2) is 6.73 Å². The summed E-state index contributed by atoms with van der Waals surface area (Å²) in [7, 11) is 0. The second-order valence-corrected chi connectivity index (χ2v) is 9.69. The number of fused-ring (bicyclic) bond motifs is 2. The fourth-order valence-corrected chi connectivity index (χ4v) is 5.39. The predicted octanol–water partition coefficient (Wildman–Crippen LogP) is 5.64. The summed E-state index contributed by atoms with van der Waals surface area (Å²) in [5.74, 6) is 0.264. The van der Waals surface area contributed by atoms with Crippen LogP contribution in [0.5, 0.6) is 5.88 Å². The van der Waals surface area contributed by atoms with Crippen LogP contribution in [0.1, 0.15) is 42.3 Å². The molecular formula is C25H25Cl2N5O2. The number of para-hydroxylation sites is 1. The van der Waals surface area contributed by atoms with Crippen LogP contribution in [0.2, 0.25) is 10.0 Å². The van der Waals surface area contributed by atoms with E-state index in [2.05, 4.69) is 53.1 Å². The number of amides is 1. The number of likely N-dealkylation sites (N-methyl/N-ethyl adjacent to an activating group) is 1. The van der Waals surface area contributed by atoms with E-state index < -0.39 is 0 Å². The lowest BCUT2D eigenvalue weighted by atomic mass is 9.83. The van der Waals surface area contributed by atoms with Crippen LogP contribution in [0, 0.1) is 0 Å². The molecule has 5 rings (SSSR count). The molecule has 1 amide bonds. The first-order valence-electron chi connectivity index (χ1n) is 11.2. The zero-order chi connectivity index (χ0) is 24.0. The van der Waals surface area contributed by atoms with Crippen molar-refractivity contribution < 1.29 is 9.53 Å². The maximum Gasteiger partial charge on any atom is 0.268 e. The molecule has 7 nitrogen and oxygen atoms in total. The van der Waals surface area contributed by atoms with Crippen molar-refractivity contribution >= 4 is 46.4 Å². The van der Waals surface area contributed by atoms with Gasteiger partial charge in [-0.3, -0.25) is 14.6 Å². The average molecular weight is 498 g/mol. The van der Waals surface area contributed by atoms with Gasteiger partial charge in [0.2, 0.25) is 11.8 Å². The maximum atomic E-state index is 13.1. The van der Waals surface area contributed by atoms with Crippen LogP contribution >= 0.6 is 23.2 Å². The number of carbonyl (C=O) groups is 1. The van der Waals surface area contributed by atoms with E-state index in [0.717, 1.165) is 25.2 Å². The van der Waals surface area contributed by atoms with E-state index in [1.807, 2.05) is 6.07 Å². The minimum absolute atomic E-state index is 0.00615. The summed E-state index contributed by atoms with van der Waals surface area (Å²) in [6, 6.07) is 11.4. The summed E-state index contributed by atoms with van der Waals surface area (Å²) in [5.41, 5.74) is 4.20. The molecule has 2 aliphatic rings. The Morgan fingerprint density at radius 3 is 2.68 bits per heavy atom. The van der Waals surface area contributed by atoms with Gasteiger partial charge in [0.05, 0.1) is 15.7 Å². The topological polar surface area (TPSA) is 70.6 Å². The summed E-state index contributed by atoms with van der Waals surface area (Å²) in [5, 5.41) is 3.98. The van der Waals surface area contributed by atoms with Crippen LogP contribution in [0.15, 0.2) is 42.6 Å². The minimum atomic E-state index is -0.320. The lowest BCUT2D eigenvalue weighted by Gasteiger charge is -2.43. The number of nitrogens with one attached hydrogen (secondary N) is 1. The molecule has 0 atom stereocenters. The lowest BCUT2D eigenvalue weighted by molar-refractivity contribution is 0.0932. The number of aromatic nitrogens is 2. The van der Waals surface area contributed by atoms with Gasteiger partial charge in [0.1, 0.15) is 5.56 Å². The Morgan fingerprint density at radius 1 is 1.18 bits per heavy atom. The lowest BCUT2D eigenvalue weighted by Crippen LogP contribution is -2.46. The van der Waals surface area contributed by atoms with Gasteiger partial charge in [-0.2, -0.15) is 4.98 Å². The summed E-state index contributed by atoms with van der Waals surface area (Å²) in [4.78, 5) is 25.7. The van der Waals surface area contributed by atoms with E-state index in [9.17, 15) is 4.79 Å². The smallest absolute Gasteiger partial charge is 0.268 e. The maximum absolute atomic E-state index is 13.1. The molecule has 0 saturated heterocycles. The number of carbonyl (C=O) groups excluding carboxylic acids is 1. The first kappa shape index (κ1) is 22.9. The van der Waals surface area contributed by atoms with Crippen molar-refractivity contribution in [3.8, 4) is 5.88 Å². The molecule has 2 aromatic carbocycles. The molecule has 0 radical (unpaired) electrons. The third-order valence-electron chi connectivity index (χ3n) is 6.61. The Morgan fingerprint density at radius 2 is 1.94 bits per heavy atom. The number of anilines is 3. The Hall–Kier alpha value is -2.87. The highest BCUT2D eigenvalue weighted by Gasteiger charge is 2.34. The van der Waals surface area contributed by atoms with Gasteiger partial charge in [-0.15, -0.1) is 0 Å². The first-order chi connectivity index (χ1) is 16.3. The number of benzene rings is 2. The van der Waals surface area contributed by atoms with E-state index in [1.54, 1.807) is 18.2 Å². The number of rotatable bonds is 4. The standard InChI is InChI=1S/C25H25Cl2N5O2/c1-4-31-11-10-15-12-16(8-9-18(15)25(31,2)3)29-24-28-13-17-22(30-24)34-14-32(23(17)33)21-19(26)6-5-7-20(21)27/h5-9,12-13H,4,10-11,14H2,1-3H3,(H,28,29,30). The molecule has 34 heavy (non-hydrogen) atoms. The van der Waals surface area contributed by atoms with Gasteiger partial charge in [0, 0.05) is 24.0 Å². The zero-order valence-corrected chi connectivity index (χ0v) is 20.7. The Labute approximate surface area is 208 Å². The molecule has 3 aromatic rings. The van der Waals surface area contributed by atoms with Gasteiger partial charge in [-0.1, -0.05) is 42.3 Å². The van der Waals surface area contributed by atoms with E-state index in [0.29, 0.717) is 21.7 Å². The number of hydrogen-bond acceptors (Lipinski definition) is 6. The number of nitrogens with zero attached hydrogens (tertiary/aromatic N) is 4. The molecule has 1 N–H and O–H groups in total. The van der Waals surface area contributed by atoms with Gasteiger partial charge < -0.3 is 10.1 Å². The molecule has 0 unspecified atom stereocenters. The number of hydrogen-bond donors (Lipinski definition) is 1. The molecule has 2 aliphatic heterocycles. The zero-order valence-electron chi connectivity index (χ0n) is 19.2. The normalized spacial score (nSPS) is 17.1. The molecule has 3 heterocycles. The van der Waals surface area contributed by atoms with Gasteiger partial charge in [-0.05, 0) is 62.2 Å². The fourth-order valence-electron chi connectivity index (χ4n) is 4.79. The highest BCUT2D eigenvalue weighted by atomic mass is 35.5. The Bertz CT molecular complexity index is 1260. The number of halogens is 2. The van der Waals surface area contributed by atoms with Crippen molar-refractivity contribution in [3.05, 3.63) is 69.3 Å². The fraction of sp³-hybridized carbons (Fsp3) is 0.320. The van der Waals surface area contributed by atoms with Crippen LogP contribution in [0.4, 0.5) is 17.3 Å². The SMILES string of the molecule is CCN1CCc2cc(Nc3ncc4c(n3)OCN(c3c(Cl)cccc3Cl)C4=O)ccc2C1(C)C. The second kappa shape index (κ2) is 8.73. The summed E-state index contributed by atoms with van der Waals surface area (Å²) < 4.78 is 5.78. The summed E-state index contributed by atoms with van der Waals surface area (Å²) in [6.07, 6.45) is 2.45. The molecule has 0 saturated carbocycles. The van der Waals surface area contributed by atoms with Crippen LogP contribution in [0.25, 0.3) is 0 Å². The van der Waals surface area contributed by atoms with Gasteiger partial charge >= 0.3 is 0 Å². The third-order valence-corrected chi connectivity index (χ3v) is 7.22. The minimum Gasteiger partial charge on any atom is -0.455 e. The van der Waals surface area contributed by atoms with Crippen molar-refractivity contribution in [2.24, 2.45) is 0 Å². The van der Waals surface area contributed by atoms with E-state index in [1.165, 1.54) is 22.2 Å².